The number of para-hydroxylation sites is 1. The number of halogens is 1. The third kappa shape index (κ3) is 5.94. The molecule has 0 radical (unpaired) electrons. The van der Waals surface area contributed by atoms with Gasteiger partial charge in [-0.15, -0.1) is 0 Å². The topological polar surface area (TPSA) is 57.6 Å². The van der Waals surface area contributed by atoms with E-state index in [9.17, 15) is 14.0 Å². The van der Waals surface area contributed by atoms with Gasteiger partial charge in [-0.3, -0.25) is 19.1 Å². The molecule has 0 unspecified atom stereocenters. The summed E-state index contributed by atoms with van der Waals surface area (Å²) in [4.78, 5) is 32.9. The number of amides is 1. The molecule has 0 bridgehead atoms. The number of hydrogen-bond donors (Lipinski definition) is 1. The van der Waals surface area contributed by atoms with Crippen molar-refractivity contribution in [3.8, 4) is 5.69 Å². The molecular weight excluding hydrogens is 539 g/mol. The molecule has 1 atom stereocenters. The second kappa shape index (κ2) is 12.6. The number of benzene rings is 4. The molecule has 7 heteroatoms. The Morgan fingerprint density at radius 3 is 2.09 bits per heavy atom. The highest BCUT2D eigenvalue weighted by Gasteiger charge is 2.27. The molecule has 6 rings (SSSR count). The van der Waals surface area contributed by atoms with Gasteiger partial charge in [0, 0.05) is 54.9 Å². The van der Waals surface area contributed by atoms with Crippen molar-refractivity contribution < 1.29 is 9.18 Å². The molecule has 6 nitrogen and oxygen atoms in total. The van der Waals surface area contributed by atoms with Gasteiger partial charge in [0.05, 0.1) is 17.3 Å². The van der Waals surface area contributed by atoms with Gasteiger partial charge in [-0.2, -0.15) is 0 Å². The van der Waals surface area contributed by atoms with Gasteiger partial charge in [0.15, 0.2) is 0 Å². The van der Waals surface area contributed by atoms with E-state index in [2.05, 4.69) is 22.0 Å². The first kappa shape index (κ1) is 28.4. The highest BCUT2D eigenvalue weighted by atomic mass is 19.1. The summed E-state index contributed by atoms with van der Waals surface area (Å²) in [7, 11) is 0. The summed E-state index contributed by atoms with van der Waals surface area (Å²) >= 11 is 0. The minimum absolute atomic E-state index is 0.151. The van der Waals surface area contributed by atoms with E-state index < -0.39 is 0 Å². The van der Waals surface area contributed by atoms with Crippen LogP contribution in [0.25, 0.3) is 16.5 Å². The standard InChI is InChI=1S/C36H35FN4O2/c1-2-32(26-12-5-3-6-13-26)38-35(42)34-30-18-9-10-19-31(30)36(43)41(28-15-7-4-8-16-28)33(34)25-39-20-22-40(23-21-39)29-17-11-14-27(37)24-29/h3-19,24,32H,2,20-23,25H2,1H3,(H,38,42)/t32-/m0/s1. The Hall–Kier alpha value is -4.75. The van der Waals surface area contributed by atoms with E-state index in [4.69, 9.17) is 0 Å². The molecule has 5 aromatic rings. The molecule has 0 spiro atoms. The number of piperazine rings is 1. The number of pyridine rings is 1. The number of hydrogen-bond acceptors (Lipinski definition) is 4. The van der Waals surface area contributed by atoms with E-state index in [0.29, 0.717) is 54.8 Å². The lowest BCUT2D eigenvalue weighted by Gasteiger charge is -2.36. The molecule has 1 saturated heterocycles. The van der Waals surface area contributed by atoms with Gasteiger partial charge in [0.25, 0.3) is 11.5 Å². The van der Waals surface area contributed by atoms with Crippen LogP contribution in [0.3, 0.4) is 0 Å². The molecule has 218 valence electrons. The van der Waals surface area contributed by atoms with Gasteiger partial charge in [-0.05, 0) is 48.4 Å². The summed E-state index contributed by atoms with van der Waals surface area (Å²) in [5.74, 6) is -0.454. The molecule has 1 aliphatic rings. The molecule has 1 aromatic heterocycles. The smallest absolute Gasteiger partial charge is 0.263 e. The second-order valence-corrected chi connectivity index (χ2v) is 10.9. The van der Waals surface area contributed by atoms with Gasteiger partial charge in [0.1, 0.15) is 5.82 Å². The summed E-state index contributed by atoms with van der Waals surface area (Å²) < 4.78 is 15.6. The summed E-state index contributed by atoms with van der Waals surface area (Å²) in [5, 5.41) is 4.43. The Balaban J connectivity index is 1.42. The van der Waals surface area contributed by atoms with E-state index in [1.165, 1.54) is 6.07 Å². The first-order chi connectivity index (χ1) is 21.0. The first-order valence-electron chi connectivity index (χ1n) is 14.8. The average molecular weight is 575 g/mol. The van der Waals surface area contributed by atoms with Crippen molar-refractivity contribution in [2.24, 2.45) is 0 Å². The van der Waals surface area contributed by atoms with Crippen molar-refractivity contribution in [1.82, 2.24) is 14.8 Å². The molecule has 1 fully saturated rings. The zero-order valence-corrected chi connectivity index (χ0v) is 24.2. The van der Waals surface area contributed by atoms with Crippen LogP contribution in [0.1, 0.15) is 41.0 Å². The summed E-state index contributed by atoms with van der Waals surface area (Å²) in [6.07, 6.45) is 0.726. The van der Waals surface area contributed by atoms with Crippen molar-refractivity contribution in [1.29, 1.82) is 0 Å². The van der Waals surface area contributed by atoms with Crippen LogP contribution < -0.4 is 15.8 Å². The Kier molecular flexibility index (Phi) is 8.34. The summed E-state index contributed by atoms with van der Waals surface area (Å²) in [6.45, 7) is 5.29. The van der Waals surface area contributed by atoms with E-state index in [0.717, 1.165) is 23.4 Å². The van der Waals surface area contributed by atoms with Gasteiger partial charge >= 0.3 is 0 Å². The largest absolute Gasteiger partial charge is 0.369 e. The van der Waals surface area contributed by atoms with Crippen LogP contribution in [0.15, 0.2) is 114 Å². The summed E-state index contributed by atoms with van der Waals surface area (Å²) in [6, 6.07) is 33.4. The SMILES string of the molecule is CC[C@H](NC(=O)c1c(CN2CCN(c3cccc(F)c3)CC2)n(-c2ccccc2)c(=O)c2ccccc12)c1ccccc1. The van der Waals surface area contributed by atoms with Crippen LogP contribution in [0.4, 0.5) is 10.1 Å². The molecule has 0 saturated carbocycles. The molecule has 2 heterocycles. The minimum Gasteiger partial charge on any atom is -0.369 e. The third-order valence-electron chi connectivity index (χ3n) is 8.26. The third-order valence-corrected chi connectivity index (χ3v) is 8.26. The number of carbonyl (C=O) groups excluding carboxylic acids is 1. The van der Waals surface area contributed by atoms with Crippen molar-refractivity contribution in [3.63, 3.8) is 0 Å². The monoisotopic (exact) mass is 574 g/mol. The van der Waals surface area contributed by atoms with Crippen molar-refractivity contribution in [3.05, 3.63) is 142 Å². The normalized spacial score (nSPS) is 14.5. The van der Waals surface area contributed by atoms with E-state index in [1.54, 1.807) is 22.8 Å². The molecular formula is C36H35FN4O2. The second-order valence-electron chi connectivity index (χ2n) is 10.9. The molecule has 1 amide bonds. The van der Waals surface area contributed by atoms with E-state index in [1.807, 2.05) is 84.9 Å². The van der Waals surface area contributed by atoms with Crippen LogP contribution >= 0.6 is 0 Å². The number of nitrogens with one attached hydrogen (secondary N) is 1. The average Bonchev–Trinajstić information content (AvgIpc) is 3.05. The van der Waals surface area contributed by atoms with Gasteiger partial charge in [-0.1, -0.05) is 79.7 Å². The number of nitrogens with zero attached hydrogens (tertiary/aromatic N) is 3. The molecule has 0 aliphatic carbocycles. The van der Waals surface area contributed by atoms with Crippen LogP contribution in [0.2, 0.25) is 0 Å². The Labute approximate surface area is 251 Å². The van der Waals surface area contributed by atoms with Crippen LogP contribution in [0, 0.1) is 5.82 Å². The number of carbonyl (C=O) groups is 1. The van der Waals surface area contributed by atoms with Gasteiger partial charge in [0.2, 0.25) is 0 Å². The molecule has 1 N–H and O–H groups in total. The van der Waals surface area contributed by atoms with Crippen molar-refractivity contribution in [2.45, 2.75) is 25.9 Å². The maximum atomic E-state index is 14.3. The Morgan fingerprint density at radius 2 is 1.42 bits per heavy atom. The zero-order valence-electron chi connectivity index (χ0n) is 24.2. The number of rotatable bonds is 8. The van der Waals surface area contributed by atoms with E-state index >= 15 is 0 Å². The van der Waals surface area contributed by atoms with Crippen molar-refractivity contribution in [2.75, 3.05) is 31.1 Å². The maximum Gasteiger partial charge on any atom is 0.263 e. The summed E-state index contributed by atoms with van der Waals surface area (Å²) in [5.41, 5.74) is 3.64. The van der Waals surface area contributed by atoms with Crippen molar-refractivity contribution >= 4 is 22.4 Å². The fourth-order valence-electron chi connectivity index (χ4n) is 6.04. The highest BCUT2D eigenvalue weighted by Crippen LogP contribution is 2.27. The maximum absolute atomic E-state index is 14.3. The zero-order chi connectivity index (χ0) is 29.8. The van der Waals surface area contributed by atoms with Gasteiger partial charge < -0.3 is 10.2 Å². The fraction of sp³-hybridized carbons (Fsp3) is 0.222. The van der Waals surface area contributed by atoms with Crippen LogP contribution in [-0.2, 0) is 6.54 Å². The van der Waals surface area contributed by atoms with Gasteiger partial charge in [-0.25, -0.2) is 4.39 Å². The lowest BCUT2D eigenvalue weighted by atomic mass is 9.99. The van der Waals surface area contributed by atoms with Crippen LogP contribution in [-0.4, -0.2) is 41.6 Å². The predicted molar refractivity (Wildman–Crippen MR) is 170 cm³/mol. The molecule has 1 aliphatic heterocycles. The number of anilines is 1. The minimum atomic E-state index is -0.250. The lowest BCUT2D eigenvalue weighted by molar-refractivity contribution is 0.0934. The molecule has 43 heavy (non-hydrogen) atoms. The Bertz CT molecular complexity index is 1780. The molecule has 4 aromatic carbocycles. The number of aromatic nitrogens is 1. The Morgan fingerprint density at radius 1 is 0.791 bits per heavy atom. The van der Waals surface area contributed by atoms with E-state index in [-0.39, 0.29) is 23.3 Å². The number of fused-ring (bicyclic) bond motifs is 1. The fourth-order valence-corrected chi connectivity index (χ4v) is 6.04. The highest BCUT2D eigenvalue weighted by molar-refractivity contribution is 6.08. The van der Waals surface area contributed by atoms with Crippen LogP contribution in [0.5, 0.6) is 0 Å². The predicted octanol–water partition coefficient (Wildman–Crippen LogP) is 6.33. The lowest BCUT2D eigenvalue weighted by Crippen LogP contribution is -2.47. The first-order valence-corrected chi connectivity index (χ1v) is 14.8. The quantitative estimate of drug-likeness (QED) is 0.235.